The lowest BCUT2D eigenvalue weighted by Gasteiger charge is -2.21. The number of rotatable bonds is 2. The van der Waals surface area contributed by atoms with Gasteiger partial charge in [0.25, 0.3) is 0 Å². The molecule has 3 N–H and O–H groups in total. The highest BCUT2D eigenvalue weighted by Gasteiger charge is 2.33. The predicted molar refractivity (Wildman–Crippen MR) is 63.2 cm³/mol. The molecule has 0 bridgehead atoms. The van der Waals surface area contributed by atoms with Gasteiger partial charge in [-0.3, -0.25) is 0 Å². The molecule has 0 amide bonds. The molecular formula is C12H13F3N2O2. The highest BCUT2D eigenvalue weighted by Crippen LogP contribution is 2.33. The number of hydrogen-bond donors (Lipinski definition) is 2. The van der Waals surface area contributed by atoms with Crippen LogP contribution in [0, 0.1) is 0 Å². The largest absolute Gasteiger partial charge is 0.478 e. The summed E-state index contributed by atoms with van der Waals surface area (Å²) in [6.07, 6.45) is -3.86. The zero-order valence-electron chi connectivity index (χ0n) is 9.94. The molecule has 4 nitrogen and oxygen atoms in total. The summed E-state index contributed by atoms with van der Waals surface area (Å²) < 4.78 is 37.7. The van der Waals surface area contributed by atoms with Gasteiger partial charge in [-0.1, -0.05) is 0 Å². The molecule has 1 aromatic carbocycles. The molecule has 1 saturated heterocycles. The van der Waals surface area contributed by atoms with Crippen molar-refractivity contribution in [3.05, 3.63) is 29.3 Å². The van der Waals surface area contributed by atoms with Crippen LogP contribution >= 0.6 is 0 Å². The number of benzene rings is 1. The molecule has 19 heavy (non-hydrogen) atoms. The maximum Gasteiger partial charge on any atom is 0.416 e. The van der Waals surface area contributed by atoms with Gasteiger partial charge < -0.3 is 15.7 Å². The summed E-state index contributed by atoms with van der Waals surface area (Å²) in [4.78, 5) is 12.8. The quantitative estimate of drug-likeness (QED) is 0.865. The average Bonchev–Trinajstić information content (AvgIpc) is 2.73. The van der Waals surface area contributed by atoms with Crippen LogP contribution in [0.15, 0.2) is 18.2 Å². The lowest BCUT2D eigenvalue weighted by Crippen LogP contribution is -2.27. The van der Waals surface area contributed by atoms with Crippen LogP contribution < -0.4 is 10.6 Å². The molecule has 0 saturated carbocycles. The molecule has 1 aromatic rings. The van der Waals surface area contributed by atoms with Gasteiger partial charge in [0.05, 0.1) is 16.8 Å². The van der Waals surface area contributed by atoms with E-state index in [4.69, 9.17) is 10.8 Å². The van der Waals surface area contributed by atoms with E-state index in [0.29, 0.717) is 25.6 Å². The van der Waals surface area contributed by atoms with Crippen LogP contribution in [0.4, 0.5) is 18.9 Å². The summed E-state index contributed by atoms with van der Waals surface area (Å²) in [5, 5.41) is 9.06. The summed E-state index contributed by atoms with van der Waals surface area (Å²) in [5.74, 6) is -1.37. The second-order valence-corrected chi connectivity index (χ2v) is 4.53. The van der Waals surface area contributed by atoms with E-state index >= 15 is 0 Å². The monoisotopic (exact) mass is 274 g/mol. The average molecular weight is 274 g/mol. The topological polar surface area (TPSA) is 66.6 Å². The zero-order chi connectivity index (χ0) is 14.2. The van der Waals surface area contributed by atoms with Gasteiger partial charge >= 0.3 is 12.1 Å². The van der Waals surface area contributed by atoms with Gasteiger partial charge in [-0.05, 0) is 24.6 Å². The van der Waals surface area contributed by atoms with Crippen LogP contribution in [0.5, 0.6) is 0 Å². The fourth-order valence-corrected chi connectivity index (χ4v) is 2.17. The van der Waals surface area contributed by atoms with Gasteiger partial charge in [-0.25, -0.2) is 4.79 Å². The van der Waals surface area contributed by atoms with Crippen LogP contribution in [0.3, 0.4) is 0 Å². The van der Waals surface area contributed by atoms with E-state index in [2.05, 4.69) is 0 Å². The van der Waals surface area contributed by atoms with E-state index in [1.165, 1.54) is 6.07 Å². The van der Waals surface area contributed by atoms with Crippen LogP contribution in [-0.2, 0) is 6.18 Å². The molecule has 0 aromatic heterocycles. The smallest absolute Gasteiger partial charge is 0.416 e. The first-order chi connectivity index (χ1) is 8.79. The van der Waals surface area contributed by atoms with Crippen molar-refractivity contribution >= 4 is 11.7 Å². The summed E-state index contributed by atoms with van der Waals surface area (Å²) in [7, 11) is 0. The number of aromatic carboxylic acids is 1. The maximum atomic E-state index is 12.6. The highest BCUT2D eigenvalue weighted by atomic mass is 19.4. The summed E-state index contributed by atoms with van der Waals surface area (Å²) in [6.45, 7) is 0.998. The number of carboxylic acid groups (broad SMARTS) is 1. The Labute approximate surface area is 107 Å². The second kappa shape index (κ2) is 4.73. The van der Waals surface area contributed by atoms with E-state index in [-0.39, 0.29) is 17.3 Å². The van der Waals surface area contributed by atoms with Crippen LogP contribution in [0.2, 0.25) is 0 Å². The summed E-state index contributed by atoms with van der Waals surface area (Å²) in [5.41, 5.74) is 4.70. The fraction of sp³-hybridized carbons (Fsp3) is 0.417. The minimum Gasteiger partial charge on any atom is -0.478 e. The molecule has 1 aliphatic heterocycles. The van der Waals surface area contributed by atoms with E-state index < -0.39 is 17.7 Å². The number of carboxylic acids is 1. The third kappa shape index (κ3) is 2.81. The number of nitrogens with two attached hydrogens (primary N) is 1. The van der Waals surface area contributed by atoms with Crippen molar-refractivity contribution in [2.24, 2.45) is 5.73 Å². The molecule has 1 fully saturated rings. The van der Waals surface area contributed by atoms with Crippen molar-refractivity contribution in [3.8, 4) is 0 Å². The normalized spacial score (nSPS) is 19.8. The standard InChI is InChI=1S/C12H13F3N2O2/c13-12(14,15)7-1-2-10(9(5-7)11(18)19)17-4-3-8(16)6-17/h1-2,5,8H,3-4,6,16H2,(H,18,19). The molecule has 1 aliphatic rings. The number of halogens is 3. The van der Waals surface area contributed by atoms with E-state index in [9.17, 15) is 18.0 Å². The minimum absolute atomic E-state index is 0.0797. The number of carbonyl (C=O) groups is 1. The van der Waals surface area contributed by atoms with Gasteiger partial charge in [0.15, 0.2) is 0 Å². The van der Waals surface area contributed by atoms with Crippen molar-refractivity contribution in [3.63, 3.8) is 0 Å². The molecule has 0 radical (unpaired) electrons. The van der Waals surface area contributed by atoms with Crippen molar-refractivity contribution < 1.29 is 23.1 Å². The SMILES string of the molecule is NC1CCN(c2ccc(C(F)(F)F)cc2C(=O)O)C1. The summed E-state index contributed by atoms with van der Waals surface area (Å²) >= 11 is 0. The molecule has 1 atom stereocenters. The molecule has 1 heterocycles. The maximum absolute atomic E-state index is 12.6. The van der Waals surface area contributed by atoms with Crippen molar-refractivity contribution in [1.82, 2.24) is 0 Å². The molecule has 0 spiro atoms. The Balaban J connectivity index is 2.42. The van der Waals surface area contributed by atoms with E-state index in [1.54, 1.807) is 4.90 Å². The third-order valence-corrected chi connectivity index (χ3v) is 3.12. The van der Waals surface area contributed by atoms with Crippen molar-refractivity contribution in [2.45, 2.75) is 18.6 Å². The number of hydrogen-bond acceptors (Lipinski definition) is 3. The first-order valence-corrected chi connectivity index (χ1v) is 5.74. The van der Waals surface area contributed by atoms with Crippen molar-refractivity contribution in [1.29, 1.82) is 0 Å². The Kier molecular flexibility index (Phi) is 3.40. The van der Waals surface area contributed by atoms with E-state index in [1.807, 2.05) is 0 Å². The predicted octanol–water partition coefficient (Wildman–Crippen LogP) is 1.94. The first-order valence-electron chi connectivity index (χ1n) is 5.74. The van der Waals surface area contributed by atoms with Crippen LogP contribution in [-0.4, -0.2) is 30.2 Å². The third-order valence-electron chi connectivity index (χ3n) is 3.12. The Morgan fingerprint density at radius 1 is 1.42 bits per heavy atom. The van der Waals surface area contributed by atoms with Crippen LogP contribution in [0.1, 0.15) is 22.3 Å². The Morgan fingerprint density at radius 2 is 2.11 bits per heavy atom. The van der Waals surface area contributed by atoms with E-state index in [0.717, 1.165) is 6.07 Å². The molecule has 7 heteroatoms. The zero-order valence-corrected chi connectivity index (χ0v) is 9.94. The first kappa shape index (κ1) is 13.7. The molecule has 1 unspecified atom stereocenters. The Hall–Kier alpha value is -1.76. The molecule has 0 aliphatic carbocycles. The number of alkyl halides is 3. The van der Waals surface area contributed by atoms with Gasteiger partial charge in [0.2, 0.25) is 0 Å². The lowest BCUT2D eigenvalue weighted by molar-refractivity contribution is -0.137. The molecular weight excluding hydrogens is 261 g/mol. The van der Waals surface area contributed by atoms with Crippen molar-refractivity contribution in [2.75, 3.05) is 18.0 Å². The number of nitrogens with zero attached hydrogens (tertiary/aromatic N) is 1. The molecule has 2 rings (SSSR count). The van der Waals surface area contributed by atoms with Gasteiger partial charge in [-0.2, -0.15) is 13.2 Å². The van der Waals surface area contributed by atoms with Gasteiger partial charge in [-0.15, -0.1) is 0 Å². The lowest BCUT2D eigenvalue weighted by atomic mass is 10.1. The number of anilines is 1. The Morgan fingerprint density at radius 3 is 2.58 bits per heavy atom. The second-order valence-electron chi connectivity index (χ2n) is 4.53. The summed E-state index contributed by atoms with van der Waals surface area (Å²) in [6, 6.07) is 2.68. The fourth-order valence-electron chi connectivity index (χ4n) is 2.17. The highest BCUT2D eigenvalue weighted by molar-refractivity contribution is 5.94. The Bertz CT molecular complexity index is 502. The minimum atomic E-state index is -4.55. The van der Waals surface area contributed by atoms with Gasteiger partial charge in [0, 0.05) is 19.1 Å². The van der Waals surface area contributed by atoms with Crippen LogP contribution in [0.25, 0.3) is 0 Å². The molecule has 104 valence electrons. The van der Waals surface area contributed by atoms with Gasteiger partial charge in [0.1, 0.15) is 0 Å².